The predicted molar refractivity (Wildman–Crippen MR) is 132 cm³/mol. The van der Waals surface area contributed by atoms with E-state index in [1.165, 1.54) is 0 Å². The number of carbonyl (C=O) groups excluding carboxylic acids is 2. The average Bonchev–Trinajstić information content (AvgIpc) is 3.26. The van der Waals surface area contributed by atoms with Crippen molar-refractivity contribution in [2.45, 2.75) is 50.5 Å². The highest BCUT2D eigenvalue weighted by Crippen LogP contribution is 2.32. The Hall–Kier alpha value is -2.91. The summed E-state index contributed by atoms with van der Waals surface area (Å²) in [6, 6.07) is 12.9. The third-order valence-corrected chi connectivity index (χ3v) is 8.31. The maximum absolute atomic E-state index is 13.4. The highest BCUT2D eigenvalue weighted by molar-refractivity contribution is 7.89. The molecule has 182 valence electrons. The molecule has 8 nitrogen and oxygen atoms in total. The molecule has 9 heteroatoms. The third kappa shape index (κ3) is 5.10. The molecule has 0 aliphatic carbocycles. The van der Waals surface area contributed by atoms with Gasteiger partial charge in [-0.05, 0) is 61.1 Å². The highest BCUT2D eigenvalue weighted by atomic mass is 32.2. The number of carbonyl (C=O) groups is 2. The highest BCUT2D eigenvalue weighted by Gasteiger charge is 2.34. The molecule has 2 aliphatic heterocycles. The van der Waals surface area contributed by atoms with Gasteiger partial charge in [-0.1, -0.05) is 38.5 Å². The monoisotopic (exact) mass is 484 g/mol. The van der Waals surface area contributed by atoms with E-state index < -0.39 is 22.1 Å². The van der Waals surface area contributed by atoms with E-state index in [2.05, 4.69) is 10.6 Å². The number of nitrogens with one attached hydrogen (secondary N) is 2. The van der Waals surface area contributed by atoms with Crippen molar-refractivity contribution in [3.05, 3.63) is 54.1 Å². The number of amides is 3. The fraction of sp³-hybridized carbons (Fsp3) is 0.440. The minimum Gasteiger partial charge on any atom is -0.326 e. The van der Waals surface area contributed by atoms with E-state index in [4.69, 9.17) is 0 Å². The Labute approximate surface area is 201 Å². The van der Waals surface area contributed by atoms with Gasteiger partial charge in [-0.2, -0.15) is 4.31 Å². The van der Waals surface area contributed by atoms with Crippen LogP contribution in [0.1, 0.15) is 38.7 Å². The molecule has 0 radical (unpaired) electrons. The summed E-state index contributed by atoms with van der Waals surface area (Å²) in [5.74, 6) is -0.333. The van der Waals surface area contributed by atoms with Crippen LogP contribution in [0.4, 0.5) is 16.2 Å². The summed E-state index contributed by atoms with van der Waals surface area (Å²) >= 11 is 0. The van der Waals surface area contributed by atoms with Crippen molar-refractivity contribution in [2.24, 2.45) is 5.92 Å². The number of para-hydroxylation sites is 1. The van der Waals surface area contributed by atoms with E-state index >= 15 is 0 Å². The largest absolute Gasteiger partial charge is 0.326 e. The summed E-state index contributed by atoms with van der Waals surface area (Å²) in [5, 5.41) is 5.56. The Bertz CT molecular complexity index is 1140. The number of benzene rings is 2. The molecule has 2 heterocycles. The molecule has 0 aromatic heterocycles. The first-order chi connectivity index (χ1) is 16.3. The van der Waals surface area contributed by atoms with Crippen molar-refractivity contribution >= 4 is 33.3 Å². The number of rotatable bonds is 6. The first kappa shape index (κ1) is 24.2. The van der Waals surface area contributed by atoms with Crippen molar-refractivity contribution < 1.29 is 18.0 Å². The Morgan fingerprint density at radius 2 is 1.65 bits per heavy atom. The molecular weight excluding hydrogens is 452 g/mol. The first-order valence-corrected chi connectivity index (χ1v) is 13.3. The second-order valence-corrected chi connectivity index (χ2v) is 11.1. The van der Waals surface area contributed by atoms with Gasteiger partial charge in [0.25, 0.3) is 0 Å². The van der Waals surface area contributed by atoms with Gasteiger partial charge in [0, 0.05) is 31.0 Å². The fourth-order valence-electron chi connectivity index (χ4n) is 4.53. The fourth-order valence-corrected chi connectivity index (χ4v) is 6.10. The zero-order chi connectivity index (χ0) is 24.3. The Morgan fingerprint density at radius 1 is 0.941 bits per heavy atom. The topological polar surface area (TPSA) is 98.8 Å². The van der Waals surface area contributed by atoms with E-state index in [1.807, 2.05) is 32.0 Å². The van der Waals surface area contributed by atoms with E-state index in [0.717, 1.165) is 24.8 Å². The zero-order valence-electron chi connectivity index (χ0n) is 19.7. The van der Waals surface area contributed by atoms with Crippen LogP contribution in [0.5, 0.6) is 0 Å². The van der Waals surface area contributed by atoms with Gasteiger partial charge >= 0.3 is 6.03 Å². The number of fused-ring (bicyclic) bond motifs is 1. The van der Waals surface area contributed by atoms with Gasteiger partial charge in [0.05, 0.1) is 4.90 Å². The van der Waals surface area contributed by atoms with Gasteiger partial charge in [-0.3, -0.25) is 4.79 Å². The summed E-state index contributed by atoms with van der Waals surface area (Å²) in [7, 11) is -3.53. The number of piperidine rings is 1. The second-order valence-electron chi connectivity index (χ2n) is 9.18. The van der Waals surface area contributed by atoms with Crippen LogP contribution in [0, 0.1) is 5.92 Å². The molecule has 1 fully saturated rings. The van der Waals surface area contributed by atoms with Gasteiger partial charge in [-0.25, -0.2) is 13.2 Å². The quantitative estimate of drug-likeness (QED) is 0.655. The number of anilines is 2. The van der Waals surface area contributed by atoms with Crippen molar-refractivity contribution in [1.82, 2.24) is 9.62 Å². The van der Waals surface area contributed by atoms with Crippen LogP contribution in [0.3, 0.4) is 0 Å². The summed E-state index contributed by atoms with van der Waals surface area (Å²) in [5.41, 5.74) is 2.19. The lowest BCUT2D eigenvalue weighted by molar-refractivity contribution is -0.121. The predicted octanol–water partition coefficient (Wildman–Crippen LogP) is 3.60. The lowest BCUT2D eigenvalue weighted by Gasteiger charge is -2.28. The number of urea groups is 1. The summed E-state index contributed by atoms with van der Waals surface area (Å²) in [6.07, 6.45) is 3.40. The van der Waals surface area contributed by atoms with Gasteiger partial charge in [0.2, 0.25) is 15.9 Å². The van der Waals surface area contributed by atoms with Crippen LogP contribution < -0.4 is 15.5 Å². The minimum absolute atomic E-state index is 0.128. The maximum Gasteiger partial charge on any atom is 0.319 e. The molecule has 4 rings (SSSR count). The Morgan fingerprint density at radius 3 is 2.32 bits per heavy atom. The Kier molecular flexibility index (Phi) is 7.23. The SMILES string of the molecule is CC(C)C(NC(=O)Nc1ccccc1)C(=O)N1CCc2cc(S(=O)(=O)N3CCCCC3)ccc21. The van der Waals surface area contributed by atoms with Crippen LogP contribution in [-0.2, 0) is 21.2 Å². The van der Waals surface area contributed by atoms with Crippen LogP contribution in [-0.4, -0.2) is 50.3 Å². The molecule has 34 heavy (non-hydrogen) atoms. The van der Waals surface area contributed by atoms with Crippen LogP contribution in [0.25, 0.3) is 0 Å². The van der Waals surface area contributed by atoms with Crippen molar-refractivity contribution in [3.8, 4) is 0 Å². The van der Waals surface area contributed by atoms with Gasteiger partial charge in [0.1, 0.15) is 6.04 Å². The van der Waals surface area contributed by atoms with Crippen molar-refractivity contribution in [2.75, 3.05) is 29.9 Å². The number of hydrogen-bond acceptors (Lipinski definition) is 4. The lowest BCUT2D eigenvalue weighted by Crippen LogP contribution is -2.52. The van der Waals surface area contributed by atoms with E-state index in [9.17, 15) is 18.0 Å². The summed E-state index contributed by atoms with van der Waals surface area (Å²) in [6.45, 7) is 5.33. The van der Waals surface area contributed by atoms with E-state index in [1.54, 1.807) is 39.5 Å². The van der Waals surface area contributed by atoms with E-state index in [0.29, 0.717) is 37.4 Å². The summed E-state index contributed by atoms with van der Waals surface area (Å²) in [4.78, 5) is 27.9. The minimum atomic E-state index is -3.53. The second kappa shape index (κ2) is 10.1. The molecule has 2 aliphatic rings. The molecule has 2 N–H and O–H groups in total. The molecule has 0 spiro atoms. The molecule has 2 aromatic rings. The van der Waals surface area contributed by atoms with Gasteiger partial charge in [0.15, 0.2) is 0 Å². The molecule has 1 atom stereocenters. The van der Waals surface area contributed by atoms with Crippen molar-refractivity contribution in [1.29, 1.82) is 0 Å². The molecule has 1 unspecified atom stereocenters. The van der Waals surface area contributed by atoms with Gasteiger partial charge in [-0.15, -0.1) is 0 Å². The van der Waals surface area contributed by atoms with Crippen LogP contribution in [0.2, 0.25) is 0 Å². The Balaban J connectivity index is 1.49. The standard InChI is InChI=1S/C25H32N4O4S/c1-18(2)23(27-25(31)26-20-9-5-3-6-10-20)24(30)29-16-13-19-17-21(11-12-22(19)29)34(32,33)28-14-7-4-8-15-28/h3,5-6,9-12,17-18,23H,4,7-8,13-16H2,1-2H3,(H2,26,27,31). The average molecular weight is 485 g/mol. The van der Waals surface area contributed by atoms with Gasteiger partial charge < -0.3 is 15.5 Å². The van der Waals surface area contributed by atoms with E-state index in [-0.39, 0.29) is 16.7 Å². The third-order valence-electron chi connectivity index (χ3n) is 6.42. The summed E-state index contributed by atoms with van der Waals surface area (Å²) < 4.78 is 27.7. The molecular formula is C25H32N4O4S. The number of nitrogens with zero attached hydrogens (tertiary/aromatic N) is 2. The molecule has 2 aromatic carbocycles. The lowest BCUT2D eigenvalue weighted by atomic mass is 10.0. The normalized spacial score (nSPS) is 17.3. The van der Waals surface area contributed by atoms with Crippen LogP contribution >= 0.6 is 0 Å². The number of sulfonamides is 1. The van der Waals surface area contributed by atoms with Crippen LogP contribution in [0.15, 0.2) is 53.4 Å². The number of hydrogen-bond donors (Lipinski definition) is 2. The maximum atomic E-state index is 13.4. The van der Waals surface area contributed by atoms with Crippen molar-refractivity contribution in [3.63, 3.8) is 0 Å². The smallest absolute Gasteiger partial charge is 0.319 e. The molecule has 0 bridgehead atoms. The molecule has 3 amide bonds. The zero-order valence-corrected chi connectivity index (χ0v) is 20.5. The molecule has 0 saturated carbocycles. The first-order valence-electron chi connectivity index (χ1n) is 11.8. The molecule has 1 saturated heterocycles.